The van der Waals surface area contributed by atoms with E-state index in [-0.39, 0.29) is 5.82 Å². The van der Waals surface area contributed by atoms with Crippen LogP contribution in [0.15, 0.2) is 60.8 Å². The number of fused-ring (bicyclic) bond motifs is 1. The summed E-state index contributed by atoms with van der Waals surface area (Å²) in [4.78, 5) is 6.69. The molecule has 2 aliphatic rings. The topological polar surface area (TPSA) is 16.1 Å². The Morgan fingerprint density at radius 2 is 1.92 bits per heavy atom. The fourth-order valence-electron chi connectivity index (χ4n) is 5.99. The van der Waals surface area contributed by atoms with Crippen molar-refractivity contribution in [1.29, 1.82) is 0 Å². The first-order valence-corrected chi connectivity index (χ1v) is 13.6. The summed E-state index contributed by atoms with van der Waals surface area (Å²) in [5.41, 5.74) is 10.9. The highest BCUT2D eigenvalue weighted by molar-refractivity contribution is 5.66. The molecule has 0 radical (unpaired) electrons. The molecule has 2 aromatic carbocycles. The van der Waals surface area contributed by atoms with Gasteiger partial charge in [-0.05, 0) is 123 Å². The molecule has 2 unspecified atom stereocenters. The van der Waals surface area contributed by atoms with Gasteiger partial charge in [-0.15, -0.1) is 0 Å². The van der Waals surface area contributed by atoms with E-state index in [1.807, 2.05) is 13.0 Å². The highest BCUT2D eigenvalue weighted by Crippen LogP contribution is 2.37. The average molecular weight is 483 g/mol. The Kier molecular flexibility index (Phi) is 7.39. The molecule has 0 N–H and O–H groups in total. The van der Waals surface area contributed by atoms with Gasteiger partial charge < -0.3 is 0 Å². The van der Waals surface area contributed by atoms with Crippen LogP contribution in [0.2, 0.25) is 0 Å². The molecule has 0 saturated carbocycles. The van der Waals surface area contributed by atoms with Crippen molar-refractivity contribution in [3.8, 4) is 11.1 Å². The third-order valence-electron chi connectivity index (χ3n) is 8.36. The van der Waals surface area contributed by atoms with E-state index in [9.17, 15) is 4.39 Å². The molecule has 1 fully saturated rings. The van der Waals surface area contributed by atoms with Gasteiger partial charge in [0.1, 0.15) is 5.82 Å². The van der Waals surface area contributed by atoms with E-state index in [4.69, 9.17) is 0 Å². The largest absolute Gasteiger partial charge is 0.299 e. The van der Waals surface area contributed by atoms with Gasteiger partial charge in [0, 0.05) is 17.8 Å². The van der Waals surface area contributed by atoms with E-state index in [1.165, 1.54) is 58.8 Å². The monoisotopic (exact) mass is 482 g/mol. The minimum Gasteiger partial charge on any atom is -0.299 e. The first kappa shape index (κ1) is 24.9. The number of pyridine rings is 1. The van der Waals surface area contributed by atoms with Crippen molar-refractivity contribution in [3.63, 3.8) is 0 Å². The van der Waals surface area contributed by atoms with Crippen molar-refractivity contribution in [3.05, 3.63) is 100 Å². The molecule has 5 rings (SSSR count). The SMILES string of the molecule is C=C(C)C(C)Cc1ccc2c(c1)CC(c1ccc(-c3cc(C)ncc3F)cc1CN1CCCC1)CC2. The van der Waals surface area contributed by atoms with Gasteiger partial charge in [0.2, 0.25) is 0 Å². The van der Waals surface area contributed by atoms with E-state index in [1.54, 1.807) is 0 Å². The lowest BCUT2D eigenvalue weighted by Crippen LogP contribution is -2.21. The first-order chi connectivity index (χ1) is 17.4. The van der Waals surface area contributed by atoms with Crippen molar-refractivity contribution >= 4 is 0 Å². The van der Waals surface area contributed by atoms with Crippen LogP contribution in [-0.4, -0.2) is 23.0 Å². The zero-order chi connectivity index (χ0) is 25.2. The number of halogens is 1. The zero-order valence-electron chi connectivity index (χ0n) is 22.1. The molecule has 0 amide bonds. The third kappa shape index (κ3) is 5.47. The summed E-state index contributed by atoms with van der Waals surface area (Å²) in [6, 6.07) is 15.7. The lowest BCUT2D eigenvalue weighted by Gasteiger charge is -2.29. The molecule has 1 aromatic heterocycles. The second kappa shape index (κ2) is 10.7. The highest BCUT2D eigenvalue weighted by Gasteiger charge is 2.25. The van der Waals surface area contributed by atoms with Crippen molar-refractivity contribution in [2.45, 2.75) is 71.8 Å². The van der Waals surface area contributed by atoms with Crippen LogP contribution < -0.4 is 0 Å². The summed E-state index contributed by atoms with van der Waals surface area (Å²) >= 11 is 0. The maximum atomic E-state index is 14.7. The lowest BCUT2D eigenvalue weighted by atomic mass is 9.77. The summed E-state index contributed by atoms with van der Waals surface area (Å²) in [5.74, 6) is 0.754. The van der Waals surface area contributed by atoms with Crippen LogP contribution in [0.25, 0.3) is 11.1 Å². The number of rotatable bonds is 7. The second-order valence-corrected chi connectivity index (χ2v) is 11.2. The number of aryl methyl sites for hydroxylation is 2. The molecule has 3 heteroatoms. The summed E-state index contributed by atoms with van der Waals surface area (Å²) < 4.78 is 14.7. The smallest absolute Gasteiger partial charge is 0.149 e. The quantitative estimate of drug-likeness (QED) is 0.319. The van der Waals surface area contributed by atoms with Gasteiger partial charge in [0.25, 0.3) is 0 Å². The number of hydrogen-bond acceptors (Lipinski definition) is 2. The normalized spacial score (nSPS) is 18.7. The lowest BCUT2D eigenvalue weighted by molar-refractivity contribution is 0.329. The van der Waals surface area contributed by atoms with Gasteiger partial charge in [-0.2, -0.15) is 0 Å². The summed E-state index contributed by atoms with van der Waals surface area (Å²) in [5, 5.41) is 0. The Balaban J connectivity index is 1.46. The van der Waals surface area contributed by atoms with Gasteiger partial charge in [0.15, 0.2) is 0 Å². The molecule has 3 aromatic rings. The molecule has 1 saturated heterocycles. The van der Waals surface area contributed by atoms with Crippen LogP contribution in [0, 0.1) is 18.7 Å². The molecule has 0 spiro atoms. The third-order valence-corrected chi connectivity index (χ3v) is 8.36. The fraction of sp³-hybridized carbons (Fsp3) is 0.424. The van der Waals surface area contributed by atoms with Gasteiger partial charge in [0.05, 0.1) is 6.20 Å². The van der Waals surface area contributed by atoms with Crippen LogP contribution >= 0.6 is 0 Å². The van der Waals surface area contributed by atoms with Crippen molar-refractivity contribution in [1.82, 2.24) is 9.88 Å². The molecular formula is C33H39FN2. The predicted octanol–water partition coefficient (Wildman–Crippen LogP) is 7.82. The number of allylic oxidation sites excluding steroid dienone is 1. The Labute approximate surface area is 216 Å². The number of nitrogens with zero attached hydrogens (tertiary/aromatic N) is 2. The number of likely N-dealkylation sites (tertiary alicyclic amines) is 1. The molecule has 2 heterocycles. The Hall–Kier alpha value is -2.78. The fourth-order valence-corrected chi connectivity index (χ4v) is 5.99. The zero-order valence-corrected chi connectivity index (χ0v) is 22.1. The summed E-state index contributed by atoms with van der Waals surface area (Å²) in [6.07, 6.45) is 8.33. The number of hydrogen-bond donors (Lipinski definition) is 0. The van der Waals surface area contributed by atoms with Gasteiger partial charge in [-0.1, -0.05) is 49.4 Å². The maximum absolute atomic E-state index is 14.7. The summed E-state index contributed by atoms with van der Waals surface area (Å²) in [7, 11) is 0. The van der Waals surface area contributed by atoms with E-state index in [0.717, 1.165) is 50.2 Å². The molecule has 2 atom stereocenters. The first-order valence-electron chi connectivity index (χ1n) is 13.6. The van der Waals surface area contributed by atoms with Crippen LogP contribution in [0.5, 0.6) is 0 Å². The number of benzene rings is 2. The number of aromatic nitrogens is 1. The predicted molar refractivity (Wildman–Crippen MR) is 148 cm³/mol. The van der Waals surface area contributed by atoms with E-state index in [2.05, 4.69) is 66.7 Å². The van der Waals surface area contributed by atoms with Crippen molar-refractivity contribution in [2.75, 3.05) is 13.1 Å². The maximum Gasteiger partial charge on any atom is 0.149 e. The van der Waals surface area contributed by atoms with Crippen molar-refractivity contribution in [2.24, 2.45) is 5.92 Å². The van der Waals surface area contributed by atoms with E-state index >= 15 is 0 Å². The highest BCUT2D eigenvalue weighted by atomic mass is 19.1. The molecular weight excluding hydrogens is 443 g/mol. The Morgan fingerprint density at radius 3 is 2.69 bits per heavy atom. The van der Waals surface area contributed by atoms with E-state index < -0.39 is 0 Å². The Morgan fingerprint density at radius 1 is 1.11 bits per heavy atom. The van der Waals surface area contributed by atoms with Crippen LogP contribution in [0.4, 0.5) is 4.39 Å². The van der Waals surface area contributed by atoms with Crippen LogP contribution in [0.3, 0.4) is 0 Å². The molecule has 1 aliphatic heterocycles. The van der Waals surface area contributed by atoms with Crippen LogP contribution in [-0.2, 0) is 25.8 Å². The summed E-state index contributed by atoms with van der Waals surface area (Å²) in [6.45, 7) is 13.7. The van der Waals surface area contributed by atoms with Gasteiger partial charge in [-0.25, -0.2) is 4.39 Å². The molecule has 1 aliphatic carbocycles. The van der Waals surface area contributed by atoms with Crippen LogP contribution in [0.1, 0.15) is 72.5 Å². The molecule has 36 heavy (non-hydrogen) atoms. The molecule has 0 bridgehead atoms. The molecule has 2 nitrogen and oxygen atoms in total. The molecule has 188 valence electrons. The average Bonchev–Trinajstić information content (AvgIpc) is 3.38. The van der Waals surface area contributed by atoms with E-state index in [0.29, 0.717) is 17.4 Å². The minimum absolute atomic E-state index is 0.247. The minimum atomic E-state index is -0.247. The Bertz CT molecular complexity index is 1250. The van der Waals surface area contributed by atoms with Gasteiger partial charge >= 0.3 is 0 Å². The standard InChI is InChI=1S/C33H39FN2/c1-22(2)23(3)15-25-7-8-26-9-10-27(18-29(26)17-25)31-12-11-28(32-16-24(4)35-20-33(32)34)19-30(31)21-36-13-5-6-14-36/h7-8,11-12,16-17,19-20,23,27H,1,5-6,9-10,13-15,18,21H2,2-4H3. The van der Waals surface area contributed by atoms with Crippen molar-refractivity contribution < 1.29 is 4.39 Å². The van der Waals surface area contributed by atoms with Gasteiger partial charge in [-0.3, -0.25) is 9.88 Å². The second-order valence-electron chi connectivity index (χ2n) is 11.2.